The molecule has 2 aliphatic rings. The molecular formula is C50H40Cl2SiZr. The molecule has 0 saturated carbocycles. The molecular weight excluding hydrogens is 791 g/mol. The molecule has 2 aliphatic carbocycles. The summed E-state index contributed by atoms with van der Waals surface area (Å²) in [5.74, 6) is 0. The van der Waals surface area contributed by atoms with Crippen LogP contribution in [0.2, 0.25) is 13.1 Å². The van der Waals surface area contributed by atoms with Gasteiger partial charge in [-0.05, 0) is 0 Å². The van der Waals surface area contributed by atoms with E-state index in [0.29, 0.717) is 0 Å². The number of benzene rings is 8. The van der Waals surface area contributed by atoms with Gasteiger partial charge in [0.05, 0.1) is 0 Å². The third-order valence-corrected chi connectivity index (χ3v) is 59.6. The van der Waals surface area contributed by atoms with E-state index in [4.69, 9.17) is 17.0 Å². The fourth-order valence-electron chi connectivity index (χ4n) is 10.3. The Bertz CT molecular complexity index is 2760. The van der Waals surface area contributed by atoms with Crippen molar-refractivity contribution in [2.75, 3.05) is 0 Å². The van der Waals surface area contributed by atoms with E-state index in [1.807, 2.05) is 0 Å². The fraction of sp³-hybridized carbons (Fsp3) is 0.120. The summed E-state index contributed by atoms with van der Waals surface area (Å²) in [7, 11) is 17.4. The van der Waals surface area contributed by atoms with Gasteiger partial charge in [-0.2, -0.15) is 0 Å². The predicted octanol–water partition coefficient (Wildman–Crippen LogP) is 15.5. The van der Waals surface area contributed by atoms with E-state index in [9.17, 15) is 0 Å². The van der Waals surface area contributed by atoms with E-state index in [0.717, 1.165) is 0 Å². The molecule has 0 bridgehead atoms. The summed E-state index contributed by atoms with van der Waals surface area (Å²) in [6, 6.07) is 53.6. The van der Waals surface area contributed by atoms with Crippen LogP contribution in [0, 0.1) is 0 Å². The second kappa shape index (κ2) is 12.5. The van der Waals surface area contributed by atoms with Gasteiger partial charge in [-0.1, -0.05) is 0 Å². The monoisotopic (exact) mass is 828 g/mol. The number of allylic oxidation sites excluding steroid dienone is 2. The molecule has 8 aromatic rings. The van der Waals surface area contributed by atoms with E-state index in [-0.39, 0.29) is 7.25 Å². The molecule has 0 heterocycles. The van der Waals surface area contributed by atoms with Crippen molar-refractivity contribution < 1.29 is 15.0 Å². The van der Waals surface area contributed by atoms with Crippen LogP contribution in [0.25, 0.3) is 77.5 Å². The molecule has 2 atom stereocenters. The van der Waals surface area contributed by atoms with Crippen molar-refractivity contribution in [1.29, 1.82) is 0 Å². The van der Waals surface area contributed by atoms with Crippen LogP contribution in [-0.4, -0.2) is 5.43 Å². The van der Waals surface area contributed by atoms with Crippen molar-refractivity contribution in [3.05, 3.63) is 179 Å². The summed E-state index contributed by atoms with van der Waals surface area (Å²) in [6.45, 7) is 9.39. The van der Waals surface area contributed by atoms with Crippen LogP contribution in [0.1, 0.15) is 43.4 Å². The maximum atomic E-state index is 8.70. The van der Waals surface area contributed by atoms with Crippen LogP contribution < -0.4 is 0 Å². The summed E-state index contributed by atoms with van der Waals surface area (Å²) >= 11 is -4.96. The zero-order valence-electron chi connectivity index (χ0n) is 30.9. The van der Waals surface area contributed by atoms with Crippen molar-refractivity contribution >= 4 is 77.7 Å². The average Bonchev–Trinajstić information content (AvgIpc) is 3.72. The summed E-state index contributed by atoms with van der Waals surface area (Å²) < 4.78 is 0.0207. The molecule has 0 aromatic heterocycles. The molecule has 10 rings (SSSR count). The Labute approximate surface area is 325 Å². The van der Waals surface area contributed by atoms with Crippen LogP contribution in [-0.2, 0) is 15.0 Å². The topological polar surface area (TPSA) is 0 Å². The first-order valence-corrected chi connectivity index (χ1v) is 34.3. The number of rotatable bonds is 4. The fourth-order valence-corrected chi connectivity index (χ4v) is 40.7. The second-order valence-electron chi connectivity index (χ2n) is 15.8. The van der Waals surface area contributed by atoms with E-state index in [1.165, 1.54) is 98.7 Å². The molecule has 54 heavy (non-hydrogen) atoms. The number of hydrogen-bond acceptors (Lipinski definition) is 0. The van der Waals surface area contributed by atoms with Crippen molar-refractivity contribution in [1.82, 2.24) is 0 Å². The Morgan fingerprint density at radius 2 is 0.778 bits per heavy atom. The number of halogens is 2. The van der Waals surface area contributed by atoms with Crippen molar-refractivity contribution in [2.45, 2.75) is 34.2 Å². The van der Waals surface area contributed by atoms with Gasteiger partial charge in [-0.25, -0.2) is 0 Å². The molecule has 0 fully saturated rings. The molecule has 0 radical (unpaired) electrons. The zero-order chi connectivity index (χ0) is 37.0. The minimum absolute atomic E-state index is 0.0104. The van der Waals surface area contributed by atoms with Crippen molar-refractivity contribution in [3.8, 4) is 22.3 Å². The minimum atomic E-state index is -4.96. The van der Waals surface area contributed by atoms with Gasteiger partial charge in [0.2, 0.25) is 0 Å². The van der Waals surface area contributed by atoms with Gasteiger partial charge in [0.1, 0.15) is 0 Å². The molecule has 0 amide bonds. The molecule has 262 valence electrons. The number of fused-ring (bicyclic) bond motifs is 6. The Balaban J connectivity index is 1.20. The van der Waals surface area contributed by atoms with E-state index in [1.54, 1.807) is 0 Å². The first-order chi connectivity index (χ1) is 26.1. The van der Waals surface area contributed by atoms with E-state index in [2.05, 4.69) is 185 Å². The Morgan fingerprint density at radius 3 is 1.11 bits per heavy atom. The number of hydrogen-bond donors (Lipinski definition) is 0. The summed E-state index contributed by atoms with van der Waals surface area (Å²) in [5, 5.41) is 10.1. The van der Waals surface area contributed by atoms with Crippen LogP contribution in [0.5, 0.6) is 0 Å². The Kier molecular flexibility index (Phi) is 7.97. The molecule has 4 heteroatoms. The van der Waals surface area contributed by atoms with Gasteiger partial charge >= 0.3 is 328 Å². The quantitative estimate of drug-likeness (QED) is 0.122. The first kappa shape index (κ1) is 34.5. The third-order valence-electron chi connectivity index (χ3n) is 12.7. The van der Waals surface area contributed by atoms with Gasteiger partial charge in [0, 0.05) is 0 Å². The standard InChI is InChI=1S/2C24H17.C2H6Si.2ClH.Zr/c2*1-16-13-17-9-6-12-22(23(17)14-16)24-20-10-4-2-7-18(20)15-19-8-3-5-11-21(19)24;1-3-2;;;/h2*2-15H,1H3;1-2H3;2*1H;/q;;;;;+2/p-2. The SMILES string of the molecule is CC1=Cc2c(-c3c4ccccc4cc4ccccc34)cccc2[CH]1[Zr]([Cl])([Cl])([CH]1C(C)=Cc2c(-c3c4ccccc4cc4ccccc34)cccc21)=[Si](C)C. The van der Waals surface area contributed by atoms with Gasteiger partial charge in [0.25, 0.3) is 0 Å². The van der Waals surface area contributed by atoms with Gasteiger partial charge in [0.15, 0.2) is 0 Å². The summed E-state index contributed by atoms with van der Waals surface area (Å²) in [4.78, 5) is 0. The van der Waals surface area contributed by atoms with Gasteiger partial charge in [-0.3, -0.25) is 0 Å². The maximum absolute atomic E-state index is 8.70. The molecule has 2 unspecified atom stereocenters. The summed E-state index contributed by atoms with van der Waals surface area (Å²) in [5.41, 5.74) is 11.7. The molecule has 0 aliphatic heterocycles. The Morgan fingerprint density at radius 1 is 0.444 bits per heavy atom. The van der Waals surface area contributed by atoms with Crippen molar-refractivity contribution in [3.63, 3.8) is 0 Å². The van der Waals surface area contributed by atoms with Crippen LogP contribution >= 0.6 is 17.0 Å². The zero-order valence-corrected chi connectivity index (χ0v) is 35.9. The molecule has 0 N–H and O–H groups in total. The Hall–Kier alpha value is -4.04. The van der Waals surface area contributed by atoms with Crippen LogP contribution in [0.4, 0.5) is 0 Å². The third kappa shape index (κ3) is 4.83. The van der Waals surface area contributed by atoms with Crippen molar-refractivity contribution in [2.24, 2.45) is 0 Å². The summed E-state index contributed by atoms with van der Waals surface area (Å²) in [6.07, 6.45) is 4.87. The van der Waals surface area contributed by atoms with Gasteiger partial charge < -0.3 is 0 Å². The average molecular weight is 831 g/mol. The van der Waals surface area contributed by atoms with Gasteiger partial charge in [-0.15, -0.1) is 0 Å². The first-order valence-electron chi connectivity index (χ1n) is 19.0. The molecule has 0 spiro atoms. The normalized spacial score (nSPS) is 16.9. The predicted molar refractivity (Wildman–Crippen MR) is 236 cm³/mol. The molecule has 8 aromatic carbocycles. The van der Waals surface area contributed by atoms with E-state index >= 15 is 0 Å². The van der Waals surface area contributed by atoms with Crippen LogP contribution in [0.15, 0.2) is 157 Å². The van der Waals surface area contributed by atoms with Crippen LogP contribution in [0.3, 0.4) is 0 Å². The van der Waals surface area contributed by atoms with E-state index < -0.39 is 20.4 Å². The second-order valence-corrected chi connectivity index (χ2v) is 54.6. The molecule has 0 nitrogen and oxygen atoms in total. The molecule has 0 saturated heterocycles.